The van der Waals surface area contributed by atoms with Crippen LogP contribution in [0.5, 0.6) is 11.5 Å². The highest BCUT2D eigenvalue weighted by molar-refractivity contribution is 5.95. The molecule has 1 amide bonds. The summed E-state index contributed by atoms with van der Waals surface area (Å²) in [6.45, 7) is 6.54. The first kappa shape index (κ1) is 17.0. The molecule has 0 aliphatic carbocycles. The summed E-state index contributed by atoms with van der Waals surface area (Å²) in [4.78, 5) is 24.5. The highest BCUT2D eigenvalue weighted by Gasteiger charge is 2.20. The van der Waals surface area contributed by atoms with E-state index in [1.54, 1.807) is 13.8 Å². The van der Waals surface area contributed by atoms with Crippen LogP contribution in [0.1, 0.15) is 46.6 Å². The maximum Gasteiger partial charge on any atom is 0.277 e. The molecule has 1 aromatic heterocycles. The summed E-state index contributed by atoms with van der Waals surface area (Å²) in [5.41, 5.74) is 1.66. The average molecular weight is 343 g/mol. The first-order valence-electron chi connectivity index (χ1n) is 8.23. The molecule has 2 heterocycles. The van der Waals surface area contributed by atoms with Crippen molar-refractivity contribution in [1.29, 1.82) is 0 Å². The van der Waals surface area contributed by atoms with Gasteiger partial charge in [0.05, 0.1) is 24.9 Å². The minimum atomic E-state index is -0.494. The lowest BCUT2D eigenvalue weighted by Gasteiger charge is -2.17. The Morgan fingerprint density at radius 1 is 1.24 bits per heavy atom. The van der Waals surface area contributed by atoms with Gasteiger partial charge in [-0.25, -0.2) is 5.10 Å². The molecule has 0 bridgehead atoms. The van der Waals surface area contributed by atoms with Crippen LogP contribution in [-0.4, -0.2) is 29.3 Å². The molecule has 7 heteroatoms. The number of nitrogens with zero attached hydrogens (tertiary/aromatic N) is 1. The molecule has 0 fully saturated rings. The van der Waals surface area contributed by atoms with E-state index in [1.807, 2.05) is 25.1 Å². The summed E-state index contributed by atoms with van der Waals surface area (Å²) in [7, 11) is 0. The number of amides is 1. The molecule has 3 rings (SSSR count). The lowest BCUT2D eigenvalue weighted by molar-refractivity contribution is 0.0937. The Labute approximate surface area is 145 Å². The first-order chi connectivity index (χ1) is 12.0. The third-order valence-corrected chi connectivity index (χ3v) is 4.32. The van der Waals surface area contributed by atoms with Crippen LogP contribution in [0.2, 0.25) is 0 Å². The summed E-state index contributed by atoms with van der Waals surface area (Å²) in [6.07, 6.45) is 0.833. The monoisotopic (exact) mass is 343 g/mol. The highest BCUT2D eigenvalue weighted by atomic mass is 16.5. The second-order valence-corrected chi connectivity index (χ2v) is 6.09. The zero-order chi connectivity index (χ0) is 18.0. The van der Waals surface area contributed by atoms with Crippen molar-refractivity contribution in [3.63, 3.8) is 0 Å². The van der Waals surface area contributed by atoms with Crippen molar-refractivity contribution >= 4 is 5.91 Å². The number of carbonyl (C=O) groups is 1. The van der Waals surface area contributed by atoms with Crippen molar-refractivity contribution in [1.82, 2.24) is 15.5 Å². The number of H-pyrrole nitrogens is 1. The maximum absolute atomic E-state index is 12.6. The summed E-state index contributed by atoms with van der Waals surface area (Å²) in [5, 5.41) is 9.08. The molecule has 0 spiro atoms. The molecule has 0 unspecified atom stereocenters. The van der Waals surface area contributed by atoms with Crippen LogP contribution < -0.4 is 20.3 Å². The van der Waals surface area contributed by atoms with Crippen LogP contribution in [0.4, 0.5) is 0 Å². The smallest absolute Gasteiger partial charge is 0.277 e. The second kappa shape index (κ2) is 6.96. The summed E-state index contributed by atoms with van der Waals surface area (Å²) < 4.78 is 11.3. The largest absolute Gasteiger partial charge is 0.490 e. The SMILES string of the molecule is Cc1n[nH]c(=O)c(C(=O)N[C@@H](C)c2ccc3c(c2)OCCCO3)c1C. The van der Waals surface area contributed by atoms with E-state index >= 15 is 0 Å². The third kappa shape index (κ3) is 3.50. The minimum Gasteiger partial charge on any atom is -0.490 e. The zero-order valence-electron chi connectivity index (χ0n) is 14.5. The summed E-state index contributed by atoms with van der Waals surface area (Å²) in [5.74, 6) is 0.950. The fourth-order valence-corrected chi connectivity index (χ4v) is 2.70. The Hall–Kier alpha value is -2.83. The van der Waals surface area contributed by atoms with E-state index in [9.17, 15) is 9.59 Å². The number of ether oxygens (including phenoxy) is 2. The average Bonchev–Trinajstić information content (AvgIpc) is 2.83. The number of nitrogens with one attached hydrogen (secondary N) is 2. The number of carbonyl (C=O) groups excluding carboxylic acids is 1. The molecule has 1 aliphatic rings. The van der Waals surface area contributed by atoms with E-state index in [-0.39, 0.29) is 11.6 Å². The van der Waals surface area contributed by atoms with Crippen molar-refractivity contribution in [3.05, 3.63) is 50.9 Å². The number of hydrogen-bond acceptors (Lipinski definition) is 5. The molecular formula is C18H21N3O4. The molecule has 1 aliphatic heterocycles. The van der Waals surface area contributed by atoms with Crippen LogP contribution in [-0.2, 0) is 0 Å². The van der Waals surface area contributed by atoms with Gasteiger partial charge in [-0.2, -0.15) is 5.10 Å². The Bertz CT molecular complexity index is 860. The molecule has 1 atom stereocenters. The molecule has 0 saturated heterocycles. The summed E-state index contributed by atoms with van der Waals surface area (Å²) in [6, 6.07) is 5.29. The van der Waals surface area contributed by atoms with Crippen LogP contribution in [0.25, 0.3) is 0 Å². The Morgan fingerprint density at radius 3 is 2.72 bits per heavy atom. The summed E-state index contributed by atoms with van der Waals surface area (Å²) >= 11 is 0. The number of hydrogen-bond donors (Lipinski definition) is 2. The number of fused-ring (bicyclic) bond motifs is 1. The van der Waals surface area contributed by atoms with Gasteiger partial charge in [0.15, 0.2) is 11.5 Å². The number of aryl methyl sites for hydroxylation is 1. The molecule has 0 saturated carbocycles. The number of aromatic nitrogens is 2. The van der Waals surface area contributed by atoms with Crippen molar-refractivity contribution < 1.29 is 14.3 Å². The standard InChI is InChI=1S/C18H21N3O4/c1-10-11(2)20-21-18(23)16(10)17(22)19-12(3)13-5-6-14-15(9-13)25-8-4-7-24-14/h5-6,9,12H,4,7-8H2,1-3H3,(H,19,22)(H,21,23)/t12-/m0/s1. The van der Waals surface area contributed by atoms with Gasteiger partial charge < -0.3 is 14.8 Å². The van der Waals surface area contributed by atoms with Gasteiger partial charge in [0.25, 0.3) is 11.5 Å². The first-order valence-corrected chi connectivity index (χ1v) is 8.23. The van der Waals surface area contributed by atoms with Crippen LogP contribution in [0, 0.1) is 13.8 Å². The van der Waals surface area contributed by atoms with Gasteiger partial charge in [-0.05, 0) is 44.0 Å². The van der Waals surface area contributed by atoms with Gasteiger partial charge in [-0.1, -0.05) is 6.07 Å². The van der Waals surface area contributed by atoms with Crippen molar-refractivity contribution in [2.45, 2.75) is 33.2 Å². The fourth-order valence-electron chi connectivity index (χ4n) is 2.70. The zero-order valence-corrected chi connectivity index (χ0v) is 14.5. The number of aromatic amines is 1. The van der Waals surface area contributed by atoms with Crippen molar-refractivity contribution in [2.24, 2.45) is 0 Å². The molecular weight excluding hydrogens is 322 g/mol. The maximum atomic E-state index is 12.6. The number of benzene rings is 1. The topological polar surface area (TPSA) is 93.3 Å². The van der Waals surface area contributed by atoms with Gasteiger partial charge in [0, 0.05) is 6.42 Å². The van der Waals surface area contributed by atoms with Gasteiger partial charge in [0.2, 0.25) is 0 Å². The lowest BCUT2D eigenvalue weighted by atomic mass is 10.1. The lowest BCUT2D eigenvalue weighted by Crippen LogP contribution is -2.33. The van der Waals surface area contributed by atoms with Gasteiger partial charge in [-0.15, -0.1) is 0 Å². The van der Waals surface area contributed by atoms with Crippen LogP contribution in [0.15, 0.2) is 23.0 Å². The molecule has 1 aromatic carbocycles. The van der Waals surface area contributed by atoms with E-state index in [4.69, 9.17) is 9.47 Å². The van der Waals surface area contributed by atoms with E-state index in [2.05, 4.69) is 15.5 Å². The van der Waals surface area contributed by atoms with E-state index in [0.717, 1.165) is 12.0 Å². The van der Waals surface area contributed by atoms with Crippen LogP contribution >= 0.6 is 0 Å². The molecule has 25 heavy (non-hydrogen) atoms. The quantitative estimate of drug-likeness (QED) is 0.889. The van der Waals surface area contributed by atoms with E-state index < -0.39 is 11.5 Å². The molecule has 2 aromatic rings. The van der Waals surface area contributed by atoms with Gasteiger partial charge in [0.1, 0.15) is 5.56 Å². The van der Waals surface area contributed by atoms with Crippen molar-refractivity contribution in [3.8, 4) is 11.5 Å². The Morgan fingerprint density at radius 2 is 1.96 bits per heavy atom. The number of rotatable bonds is 3. The Balaban J connectivity index is 1.82. The van der Waals surface area contributed by atoms with Gasteiger partial charge in [-0.3, -0.25) is 9.59 Å². The van der Waals surface area contributed by atoms with E-state index in [0.29, 0.717) is 36.0 Å². The predicted molar refractivity (Wildman–Crippen MR) is 92.3 cm³/mol. The second-order valence-electron chi connectivity index (χ2n) is 6.09. The highest BCUT2D eigenvalue weighted by Crippen LogP contribution is 2.32. The normalized spacial score (nSPS) is 14.5. The predicted octanol–water partition coefficient (Wildman–Crippen LogP) is 2.04. The fraction of sp³-hybridized carbons (Fsp3) is 0.389. The van der Waals surface area contributed by atoms with Crippen LogP contribution in [0.3, 0.4) is 0 Å². The minimum absolute atomic E-state index is 0.0914. The van der Waals surface area contributed by atoms with Gasteiger partial charge >= 0.3 is 0 Å². The molecule has 0 radical (unpaired) electrons. The molecule has 132 valence electrons. The van der Waals surface area contributed by atoms with E-state index in [1.165, 1.54) is 0 Å². The third-order valence-electron chi connectivity index (χ3n) is 4.32. The molecule has 7 nitrogen and oxygen atoms in total. The molecule has 2 N–H and O–H groups in total. The Kier molecular flexibility index (Phi) is 4.74. The van der Waals surface area contributed by atoms with Crippen molar-refractivity contribution in [2.75, 3.05) is 13.2 Å².